The van der Waals surface area contributed by atoms with Crippen LogP contribution in [-0.2, 0) is 14.3 Å². The van der Waals surface area contributed by atoms with E-state index in [1.165, 1.54) is 141 Å². The van der Waals surface area contributed by atoms with Gasteiger partial charge in [-0.1, -0.05) is 249 Å². The van der Waals surface area contributed by atoms with E-state index in [0.29, 0.717) is 19.3 Å². The van der Waals surface area contributed by atoms with Crippen molar-refractivity contribution in [2.45, 2.75) is 270 Å². The number of hydrogen-bond donors (Lipinski definition) is 3. The van der Waals surface area contributed by atoms with Crippen LogP contribution in [0.5, 0.6) is 0 Å². The van der Waals surface area contributed by atoms with Gasteiger partial charge in [-0.3, -0.25) is 9.59 Å². The molecule has 0 heterocycles. The number of carbonyl (C=O) groups is 2. The summed E-state index contributed by atoms with van der Waals surface area (Å²) in [5.41, 5.74) is 0. The number of ether oxygens (including phenoxy) is 1. The minimum absolute atomic E-state index is 0.0445. The van der Waals surface area contributed by atoms with Gasteiger partial charge in [-0.25, -0.2) is 0 Å². The van der Waals surface area contributed by atoms with Crippen LogP contribution < -0.4 is 5.32 Å². The number of carbonyl (C=O) groups excluding carboxylic acids is 2. The van der Waals surface area contributed by atoms with Crippen LogP contribution in [0.1, 0.15) is 252 Å². The maximum atomic E-state index is 13.2. The fourth-order valence-electron chi connectivity index (χ4n) is 7.69. The first-order valence-corrected chi connectivity index (χ1v) is 26.0. The van der Waals surface area contributed by atoms with Gasteiger partial charge in [-0.15, -0.1) is 0 Å². The lowest BCUT2D eigenvalue weighted by Gasteiger charge is -2.23. The molecule has 6 heteroatoms. The van der Waals surface area contributed by atoms with Crippen LogP contribution in [0.15, 0.2) is 60.8 Å². The van der Waals surface area contributed by atoms with Crippen molar-refractivity contribution in [3.63, 3.8) is 0 Å². The lowest BCUT2D eigenvalue weighted by Crippen LogP contribution is -2.46. The lowest BCUT2D eigenvalue weighted by molar-refractivity contribution is -0.148. The average molecular weight is 854 g/mol. The second kappa shape index (κ2) is 48.6. The fraction of sp³-hybridized carbons (Fsp3) is 0.782. The Kier molecular flexibility index (Phi) is 46.6. The van der Waals surface area contributed by atoms with Gasteiger partial charge in [0.15, 0.2) is 0 Å². The number of aliphatic hydroxyl groups is 2. The summed E-state index contributed by atoms with van der Waals surface area (Å²) in [6.07, 6.45) is 60.3. The van der Waals surface area contributed by atoms with Gasteiger partial charge in [0.2, 0.25) is 5.91 Å². The summed E-state index contributed by atoms with van der Waals surface area (Å²) in [4.78, 5) is 26.1. The molecule has 0 rings (SSSR count). The molecule has 0 aromatic carbocycles. The first-order chi connectivity index (χ1) is 30.0. The standard InChI is InChI=1S/C55H99NO5/c1-4-7-10-13-16-19-22-24-26-27-28-30-33-36-39-42-45-48-55(60)61-51(46-43-40-37-34-32-29-25-23-20-17-14-11-8-5-2)49-54(59)56-52(50-57)53(58)47-44-41-38-35-31-21-18-15-12-9-6-3/h8,11,17,20,25,29,34,37,43,46,51-53,57-58H,4-7,9-10,12-16,18-19,21-24,26-28,30-33,35-36,38-42,44-45,47-50H2,1-3H3,(H,56,59)/b11-8+,20-17+,29-25+,37-34+,46-43+. The molecule has 0 aliphatic heterocycles. The third-order valence-electron chi connectivity index (χ3n) is 11.6. The van der Waals surface area contributed by atoms with Gasteiger partial charge in [0, 0.05) is 6.42 Å². The van der Waals surface area contributed by atoms with Crippen LogP contribution in [0.25, 0.3) is 0 Å². The second-order valence-corrected chi connectivity index (χ2v) is 17.6. The van der Waals surface area contributed by atoms with Gasteiger partial charge >= 0.3 is 5.97 Å². The zero-order chi connectivity index (χ0) is 44.5. The first-order valence-electron chi connectivity index (χ1n) is 26.0. The summed E-state index contributed by atoms with van der Waals surface area (Å²) in [6, 6.07) is -0.741. The van der Waals surface area contributed by atoms with Gasteiger partial charge in [-0.2, -0.15) is 0 Å². The Morgan fingerprint density at radius 2 is 0.852 bits per heavy atom. The molecule has 1 amide bonds. The van der Waals surface area contributed by atoms with E-state index in [-0.39, 0.29) is 24.9 Å². The third kappa shape index (κ3) is 44.0. The molecule has 0 saturated heterocycles. The molecule has 354 valence electrons. The van der Waals surface area contributed by atoms with E-state index in [1.54, 1.807) is 6.08 Å². The van der Waals surface area contributed by atoms with E-state index in [9.17, 15) is 19.8 Å². The van der Waals surface area contributed by atoms with Crippen molar-refractivity contribution in [1.29, 1.82) is 0 Å². The van der Waals surface area contributed by atoms with Crippen molar-refractivity contribution in [3.05, 3.63) is 60.8 Å². The Balaban J connectivity index is 4.68. The number of esters is 1. The molecule has 0 spiro atoms. The van der Waals surface area contributed by atoms with E-state index in [2.05, 4.69) is 74.7 Å². The molecule has 0 aromatic heterocycles. The van der Waals surface area contributed by atoms with Crippen LogP contribution in [0.2, 0.25) is 0 Å². The van der Waals surface area contributed by atoms with E-state index in [0.717, 1.165) is 64.2 Å². The molecule has 6 nitrogen and oxygen atoms in total. The molecule has 0 bridgehead atoms. The highest BCUT2D eigenvalue weighted by Gasteiger charge is 2.23. The van der Waals surface area contributed by atoms with Gasteiger partial charge in [-0.05, 0) is 51.0 Å². The smallest absolute Gasteiger partial charge is 0.306 e. The number of hydrogen-bond acceptors (Lipinski definition) is 5. The predicted octanol–water partition coefficient (Wildman–Crippen LogP) is 15.6. The van der Waals surface area contributed by atoms with Crippen molar-refractivity contribution in [2.24, 2.45) is 0 Å². The number of allylic oxidation sites excluding steroid dienone is 9. The number of rotatable bonds is 46. The zero-order valence-corrected chi connectivity index (χ0v) is 40.3. The number of amides is 1. The van der Waals surface area contributed by atoms with Crippen LogP contribution in [0.4, 0.5) is 0 Å². The maximum absolute atomic E-state index is 13.2. The summed E-state index contributed by atoms with van der Waals surface area (Å²) in [6.45, 7) is 6.33. The molecule has 3 N–H and O–H groups in total. The number of nitrogens with one attached hydrogen (secondary N) is 1. The second-order valence-electron chi connectivity index (χ2n) is 17.6. The van der Waals surface area contributed by atoms with Gasteiger partial charge in [0.1, 0.15) is 6.10 Å². The van der Waals surface area contributed by atoms with Crippen LogP contribution >= 0.6 is 0 Å². The Labute approximate surface area is 378 Å². The molecular weight excluding hydrogens is 755 g/mol. The molecule has 0 aliphatic rings. The highest BCUT2D eigenvalue weighted by atomic mass is 16.5. The van der Waals surface area contributed by atoms with Crippen molar-refractivity contribution in [3.8, 4) is 0 Å². The van der Waals surface area contributed by atoms with Gasteiger partial charge < -0.3 is 20.3 Å². The normalized spacial score (nSPS) is 13.7. The monoisotopic (exact) mass is 854 g/mol. The Bertz CT molecular complexity index is 1090. The largest absolute Gasteiger partial charge is 0.458 e. The van der Waals surface area contributed by atoms with Crippen LogP contribution in [0, 0.1) is 0 Å². The van der Waals surface area contributed by atoms with Crippen LogP contribution in [-0.4, -0.2) is 46.9 Å². The fourth-order valence-corrected chi connectivity index (χ4v) is 7.69. The number of aliphatic hydroxyl groups excluding tert-OH is 2. The Morgan fingerprint density at radius 3 is 1.25 bits per heavy atom. The Hall–Kier alpha value is -2.44. The molecule has 61 heavy (non-hydrogen) atoms. The van der Waals surface area contributed by atoms with E-state index < -0.39 is 18.2 Å². The minimum Gasteiger partial charge on any atom is -0.458 e. The quantitative estimate of drug-likeness (QED) is 0.0322. The molecular formula is C55H99NO5. The summed E-state index contributed by atoms with van der Waals surface area (Å²) < 4.78 is 5.83. The van der Waals surface area contributed by atoms with E-state index in [4.69, 9.17) is 4.74 Å². The summed E-state index contributed by atoms with van der Waals surface area (Å²) in [7, 11) is 0. The predicted molar refractivity (Wildman–Crippen MR) is 264 cm³/mol. The maximum Gasteiger partial charge on any atom is 0.306 e. The molecule has 0 fully saturated rings. The van der Waals surface area contributed by atoms with Crippen molar-refractivity contribution >= 4 is 11.9 Å². The average Bonchev–Trinajstić information content (AvgIpc) is 3.25. The summed E-state index contributed by atoms with van der Waals surface area (Å²) in [5.74, 6) is -0.622. The highest BCUT2D eigenvalue weighted by molar-refractivity contribution is 5.78. The molecule has 0 aromatic rings. The topological polar surface area (TPSA) is 95.9 Å². The Morgan fingerprint density at radius 1 is 0.492 bits per heavy atom. The highest BCUT2D eigenvalue weighted by Crippen LogP contribution is 2.17. The van der Waals surface area contributed by atoms with E-state index in [1.807, 2.05) is 6.08 Å². The minimum atomic E-state index is -0.818. The molecule has 0 radical (unpaired) electrons. The van der Waals surface area contributed by atoms with E-state index >= 15 is 0 Å². The van der Waals surface area contributed by atoms with Crippen molar-refractivity contribution < 1.29 is 24.5 Å². The summed E-state index contributed by atoms with van der Waals surface area (Å²) >= 11 is 0. The molecule has 3 atom stereocenters. The van der Waals surface area contributed by atoms with Gasteiger partial charge in [0.25, 0.3) is 0 Å². The van der Waals surface area contributed by atoms with Crippen molar-refractivity contribution in [2.75, 3.05) is 6.61 Å². The third-order valence-corrected chi connectivity index (χ3v) is 11.6. The van der Waals surface area contributed by atoms with Crippen molar-refractivity contribution in [1.82, 2.24) is 5.32 Å². The molecule has 3 unspecified atom stereocenters. The zero-order valence-electron chi connectivity index (χ0n) is 40.3. The SMILES string of the molecule is CC/C=C/C/C=C/C/C=C/C/C=C/C/C=C/C(CC(=O)NC(CO)C(O)CCCCCCCCCCCCC)OC(=O)CCCCCCCCCCCCCCCCCCC. The lowest BCUT2D eigenvalue weighted by atomic mass is 10.0. The molecule has 0 aliphatic carbocycles. The van der Waals surface area contributed by atoms with Gasteiger partial charge in [0.05, 0.1) is 25.2 Å². The summed E-state index contributed by atoms with van der Waals surface area (Å²) in [5, 5.41) is 23.7. The first kappa shape index (κ1) is 58.6. The molecule has 0 saturated carbocycles. The van der Waals surface area contributed by atoms with Crippen LogP contribution in [0.3, 0.4) is 0 Å². The number of unbranched alkanes of at least 4 members (excludes halogenated alkanes) is 26.